The van der Waals surface area contributed by atoms with Crippen LogP contribution in [0.1, 0.15) is 86.7 Å². The van der Waals surface area contributed by atoms with Crippen molar-refractivity contribution >= 4 is 390 Å². The molecule has 0 amide bonds. The second kappa shape index (κ2) is 46.1. The fourth-order valence-electron chi connectivity index (χ4n) is 18.4. The second-order valence-corrected chi connectivity index (χ2v) is 61.4. The molecule has 6 aromatic heterocycles. The van der Waals surface area contributed by atoms with E-state index in [4.69, 9.17) is 0 Å². The van der Waals surface area contributed by atoms with E-state index in [-0.39, 0.29) is 126 Å². The van der Waals surface area contributed by atoms with E-state index >= 15 is 0 Å². The van der Waals surface area contributed by atoms with Gasteiger partial charge >= 0.3 is 873 Å². The number of hydrogen-bond acceptors (Lipinski definition) is 12. The van der Waals surface area contributed by atoms with Gasteiger partial charge in [0.15, 0.2) is 11.6 Å². The van der Waals surface area contributed by atoms with Crippen LogP contribution < -0.4 is 69.5 Å². The molecule has 724 valence electrons. The number of rotatable bonds is 7. The number of nitrogens with one attached hydrogen (secondary N) is 1. The third kappa shape index (κ3) is 21.5. The zero-order valence-electron chi connectivity index (χ0n) is 79.2. The number of benzene rings is 16. The summed E-state index contributed by atoms with van der Waals surface area (Å²) in [5.41, 5.74) is 16.5. The molecule has 8 aliphatic rings. The van der Waals surface area contributed by atoms with Crippen LogP contribution >= 0.6 is 22.6 Å². The first-order chi connectivity index (χ1) is 73.7. The zero-order chi connectivity index (χ0) is 102. The topological polar surface area (TPSA) is 144 Å². The number of hydrogen-bond donors (Lipinski definition) is 1. The molecule has 1 N–H and O–H groups in total. The van der Waals surface area contributed by atoms with Gasteiger partial charge in [0.05, 0.1) is 6.42 Å². The minimum absolute atomic E-state index is 0.0301. The molecule has 0 radical (unpaired) electrons. The number of fused-ring (bicyclic) bond motifs is 16. The molecule has 0 saturated carbocycles. The van der Waals surface area contributed by atoms with Gasteiger partial charge in [-0.05, 0) is 22.9 Å². The van der Waals surface area contributed by atoms with Gasteiger partial charge in [0, 0.05) is 11.1 Å². The molecule has 12 nitrogen and oxygen atoms in total. The fourth-order valence-corrected chi connectivity index (χ4v) is 39.7. The molecule has 5 aliphatic heterocycles. The van der Waals surface area contributed by atoms with Crippen molar-refractivity contribution in [1.82, 2.24) is 0 Å². The summed E-state index contributed by atoms with van der Waals surface area (Å²) < 4.78 is 23.7. The first kappa shape index (κ1) is 101. The molecular formula is C126H80IN5O7Se11. The maximum atomic E-state index is 13.2. The number of anilines is 14. The number of carbonyl (C=O) groups is 7. The van der Waals surface area contributed by atoms with Crippen LogP contribution in [0, 0.1) is 2.44 Å². The van der Waals surface area contributed by atoms with Crippen LogP contribution in [0.3, 0.4) is 0 Å². The number of ketones is 6. The van der Waals surface area contributed by atoms with E-state index < -0.39 is 0 Å². The van der Waals surface area contributed by atoms with Crippen molar-refractivity contribution in [2.24, 2.45) is 0 Å². The van der Waals surface area contributed by atoms with Gasteiger partial charge in [0.2, 0.25) is 0 Å². The van der Waals surface area contributed by atoms with E-state index in [1.165, 1.54) is 122 Å². The Bertz CT molecular complexity index is 8370. The van der Waals surface area contributed by atoms with Crippen LogP contribution in [0.2, 0.25) is 0 Å². The third-order valence-corrected chi connectivity index (χ3v) is 49.8. The van der Waals surface area contributed by atoms with E-state index in [9.17, 15) is 33.6 Å². The number of carbonyl (C=O) groups excluding carboxylic acids is 7. The average molecular weight is 2770 g/mol. The summed E-state index contributed by atoms with van der Waals surface area (Å²) >= 11 is 6.00. The summed E-state index contributed by atoms with van der Waals surface area (Å²) in [5.74, 6) is -0.787. The maximum absolute atomic E-state index is 13.2. The minimum atomic E-state index is -0.169. The molecule has 0 atom stereocenters. The molecule has 150 heavy (non-hydrogen) atoms. The molecule has 11 heterocycles. The average Bonchev–Trinajstić information content (AvgIpc) is 1.29. The van der Waals surface area contributed by atoms with Crippen LogP contribution in [0.15, 0.2) is 456 Å². The van der Waals surface area contributed by atoms with Crippen LogP contribution in [0.4, 0.5) is 75.1 Å². The van der Waals surface area contributed by atoms with Crippen molar-refractivity contribution in [2.45, 2.75) is 6.42 Å². The second-order valence-electron chi connectivity index (χ2n) is 34.7. The van der Waals surface area contributed by atoms with Crippen LogP contribution in [-0.4, -0.2) is 203 Å². The predicted octanol–water partition coefficient (Wildman–Crippen LogP) is 19.9. The van der Waals surface area contributed by atoms with E-state index in [1.807, 2.05) is 127 Å². The van der Waals surface area contributed by atoms with Gasteiger partial charge in [0.25, 0.3) is 0 Å². The zero-order valence-corrected chi connectivity index (χ0v) is 100. The van der Waals surface area contributed by atoms with Gasteiger partial charge in [-0.1, -0.05) is 24.3 Å². The van der Waals surface area contributed by atoms with Gasteiger partial charge in [-0.3, -0.25) is 9.59 Å². The summed E-state index contributed by atoms with van der Waals surface area (Å²) in [5, 5.41) is 9.39. The summed E-state index contributed by atoms with van der Waals surface area (Å²) in [6, 6.07) is 146. The van der Waals surface area contributed by atoms with Crippen molar-refractivity contribution in [3.8, 4) is 0 Å². The predicted molar refractivity (Wildman–Crippen MR) is 637 cm³/mol. The molecular weight excluding hydrogens is 2690 g/mol. The Balaban J connectivity index is 0.0000000994. The van der Waals surface area contributed by atoms with Gasteiger partial charge in [-0.2, -0.15) is 0 Å². The summed E-state index contributed by atoms with van der Waals surface area (Å²) in [6.45, 7) is 0. The molecule has 0 unspecified atom stereocenters. The molecule has 24 heteroatoms. The number of halogens is 1. The summed E-state index contributed by atoms with van der Waals surface area (Å²) in [4.78, 5) is 105. The van der Waals surface area contributed by atoms with Crippen LogP contribution in [0.5, 0.6) is 0 Å². The normalized spacial score (nSPS) is 13.3. The van der Waals surface area contributed by atoms with Crippen LogP contribution in [-0.2, 0) is 0 Å². The molecule has 0 bridgehead atoms. The van der Waals surface area contributed by atoms with Crippen molar-refractivity contribution in [3.63, 3.8) is 0 Å². The van der Waals surface area contributed by atoms with Gasteiger partial charge < -0.3 is 0 Å². The van der Waals surface area contributed by atoms with Crippen molar-refractivity contribution in [1.29, 1.82) is 0 Å². The quantitative estimate of drug-likeness (QED) is 0.0405. The van der Waals surface area contributed by atoms with Gasteiger partial charge in [-0.25, -0.2) is 0 Å². The monoisotopic (exact) mass is 2780 g/mol. The van der Waals surface area contributed by atoms with Crippen molar-refractivity contribution < 1.29 is 33.6 Å². The van der Waals surface area contributed by atoms with Gasteiger partial charge in [0.1, 0.15) is 0 Å². The SMILES string of the molecule is Ic1ccc[se]1.O=C1C(=Cc2ccc(N3c4ccccc4[Se]c4ccccc43)[se]2)C(=O)c2cc3ccccc3cc21.O=C1C(=Cc2ccc(N3c4ccccc4[Se]c4ccccc43)[se]2)C(=O)c2cc3ccccc3cc21.O=C1CC(=O)c2cc3ccccc3cc21.O=Cc1ccc(N2c3ccccc3[Se]c3ccccc32)[se]1.c1c[se]c(N2c3ccccc3[Se]c3ccccc32)c1.c1cc[se]c1.c1ccc2c(c1)Nc1ccccc1[Se]2. The Morgan fingerprint density at radius 1 is 0.240 bits per heavy atom. The first-order valence-electron chi connectivity index (χ1n) is 47.7. The van der Waals surface area contributed by atoms with E-state index in [1.54, 1.807) is 0 Å². The van der Waals surface area contributed by atoms with Crippen LogP contribution in [0.25, 0.3) is 44.5 Å². The first-order valence-corrected chi connectivity index (χ1v) is 68.2. The Morgan fingerprint density at radius 3 is 0.767 bits per heavy atom. The molecule has 0 saturated heterocycles. The third-order valence-electron chi connectivity index (χ3n) is 25.4. The van der Waals surface area contributed by atoms with E-state index in [0.717, 1.165) is 51.9 Å². The summed E-state index contributed by atoms with van der Waals surface area (Å²) in [7, 11) is 0. The number of Topliss-reactive ketones (excluding diaryl/α,β-unsaturated/α-hetero) is 6. The van der Waals surface area contributed by atoms with E-state index in [2.05, 4.69) is 377 Å². The fraction of sp³-hybridized carbons (Fsp3) is 0.00794. The van der Waals surface area contributed by atoms with Gasteiger partial charge in [-0.15, -0.1) is 0 Å². The Morgan fingerprint density at radius 2 is 0.500 bits per heavy atom. The number of aldehydes is 1. The Hall–Kier alpha value is -12.2. The van der Waals surface area contributed by atoms with Crippen molar-refractivity contribution in [3.05, 3.63) is 505 Å². The number of nitrogens with zero attached hydrogens (tertiary/aromatic N) is 4. The number of allylic oxidation sites excluding steroid dienone is 2. The summed E-state index contributed by atoms with van der Waals surface area (Å²) in [6.07, 6.45) is 4.66. The number of para-hydroxylation sites is 10. The standard InChI is InChI=1S/2C30H17NO2Se2.C17H11NOSe2.C16H11NSe2.C13H8O2.C12H9NSe.C4H3ISe.C4H4Se/c2*32-29-21-15-18-7-1-2-8-19(18)16-22(21)30(33)23(29)17-20-13-14-28(34-20)31-24-9-3-5-11-26(24)35-27-12-6-4-10-25(27)31;19-11-12-9-10-17(20-12)18-13-5-1-3-7-15(13)21-16-8-4-2-6-14(16)18;1-3-8-14-12(6-1)17(16-10-5-11-18-16)13-7-2-4-9-15(13)19-14;14-12-7-13(15)11-6-9-4-2-1-3-8(9)5-10(11)12;1-3-7-11-9(5-1)13-10-6-2-4-8-12(10)14-11;5-4-2-1-3-6-4;1-2-4-5-3-1/h2*1-17H;1-11H;1-11H;1-6H,7H2;1-8,13H;1-3H;1-4H. The molecule has 30 rings (SSSR count). The molecule has 0 spiro atoms. The Labute approximate surface area is 947 Å². The molecule has 3 aliphatic carbocycles. The molecule has 0 fully saturated rings. The Kier molecular flexibility index (Phi) is 31.1. The van der Waals surface area contributed by atoms with E-state index in [0.29, 0.717) is 122 Å². The van der Waals surface area contributed by atoms with Crippen molar-refractivity contribution in [2.75, 3.05) is 24.9 Å². The molecule has 22 aromatic rings. The molecule has 16 aromatic carbocycles.